The summed E-state index contributed by atoms with van der Waals surface area (Å²) in [5.41, 5.74) is 9.55. The third-order valence-electron chi connectivity index (χ3n) is 6.61. The number of aromatic nitrogens is 2. The van der Waals surface area contributed by atoms with Gasteiger partial charge in [0, 0.05) is 25.0 Å². The maximum absolute atomic E-state index is 13.7. The topological polar surface area (TPSA) is 21.1 Å². The molecule has 31 heavy (non-hydrogen) atoms. The number of fused-ring (bicyclic) bond motifs is 2. The molecule has 0 spiro atoms. The van der Waals surface area contributed by atoms with Gasteiger partial charge in [0.15, 0.2) is 0 Å². The van der Waals surface area contributed by atoms with Crippen LogP contribution in [0.1, 0.15) is 40.9 Å². The van der Waals surface area contributed by atoms with Crippen LogP contribution in [-0.4, -0.2) is 16.1 Å². The van der Waals surface area contributed by atoms with E-state index in [4.69, 9.17) is 4.98 Å². The molecule has 0 bridgehead atoms. The Morgan fingerprint density at radius 1 is 1.06 bits per heavy atom. The van der Waals surface area contributed by atoms with Gasteiger partial charge in [-0.3, -0.25) is 4.98 Å². The van der Waals surface area contributed by atoms with Gasteiger partial charge in [-0.1, -0.05) is 36.4 Å². The summed E-state index contributed by atoms with van der Waals surface area (Å²) in [5, 5.41) is 0. The molecule has 0 fully saturated rings. The number of benzene rings is 2. The molecule has 160 valence electrons. The second-order valence-electron chi connectivity index (χ2n) is 8.27. The maximum Gasteiger partial charge on any atom is 0.123 e. The van der Waals surface area contributed by atoms with Crippen LogP contribution in [0, 0.1) is 19.7 Å². The van der Waals surface area contributed by atoms with Crippen molar-refractivity contribution in [2.75, 3.05) is 11.4 Å². The van der Waals surface area contributed by atoms with E-state index >= 15 is 0 Å². The first-order valence-electron chi connectivity index (χ1n) is 10.6. The highest BCUT2D eigenvalue weighted by atomic mass is 35.5. The monoisotopic (exact) mass is 435 g/mol. The number of halogens is 2. The van der Waals surface area contributed by atoms with E-state index in [0.717, 1.165) is 30.6 Å². The highest BCUT2D eigenvalue weighted by molar-refractivity contribution is 5.93. The normalized spacial score (nSPS) is 15.6. The zero-order valence-electron chi connectivity index (χ0n) is 18.1. The minimum atomic E-state index is -0.149. The number of anilines is 1. The van der Waals surface area contributed by atoms with Crippen LogP contribution in [0.4, 0.5) is 10.1 Å². The van der Waals surface area contributed by atoms with E-state index in [9.17, 15) is 4.39 Å². The molecular formula is C26H27ClFN3. The fourth-order valence-corrected chi connectivity index (χ4v) is 4.85. The Hall–Kier alpha value is -2.85. The second kappa shape index (κ2) is 8.35. The summed E-state index contributed by atoms with van der Waals surface area (Å²) >= 11 is 0. The molecule has 1 aliphatic rings. The predicted molar refractivity (Wildman–Crippen MR) is 128 cm³/mol. The molecule has 2 aromatic carbocycles. The molecule has 2 aromatic heterocycles. The van der Waals surface area contributed by atoms with Crippen molar-refractivity contribution in [1.82, 2.24) is 9.55 Å². The lowest BCUT2D eigenvalue weighted by molar-refractivity contribution is 0.598. The van der Waals surface area contributed by atoms with Gasteiger partial charge in [0.2, 0.25) is 0 Å². The molecule has 0 N–H and O–H groups in total. The zero-order valence-corrected chi connectivity index (χ0v) is 18.9. The number of hydrogen-bond acceptors (Lipinski definition) is 2. The van der Waals surface area contributed by atoms with Gasteiger partial charge < -0.3 is 9.47 Å². The molecule has 0 radical (unpaired) electrons. The zero-order chi connectivity index (χ0) is 20.8. The molecule has 5 heteroatoms. The summed E-state index contributed by atoms with van der Waals surface area (Å²) in [6.07, 6.45) is 2.77. The van der Waals surface area contributed by atoms with Crippen LogP contribution < -0.4 is 4.90 Å². The molecule has 0 amide bonds. The van der Waals surface area contributed by atoms with Crippen LogP contribution in [-0.2, 0) is 13.0 Å². The van der Waals surface area contributed by atoms with Crippen molar-refractivity contribution in [3.63, 3.8) is 0 Å². The lowest BCUT2D eigenvalue weighted by atomic mass is 9.93. The first-order chi connectivity index (χ1) is 14.5. The van der Waals surface area contributed by atoms with E-state index in [-0.39, 0.29) is 24.3 Å². The standard InChI is InChI=1S/C26H26FN3.ClH/c1-17-18(2)30(16-20-7-5-4-6-8-20)26-24(11-13-28-25(17)26)29-14-12-21-15-22(27)9-10-23(21)19(29)3;/h4-11,13,15,19H,12,14,16H2,1-3H3;1H. The Bertz CT molecular complexity index is 1230. The summed E-state index contributed by atoms with van der Waals surface area (Å²) < 4.78 is 16.1. The van der Waals surface area contributed by atoms with Gasteiger partial charge in [0.1, 0.15) is 5.82 Å². The van der Waals surface area contributed by atoms with Crippen LogP contribution in [0.15, 0.2) is 60.8 Å². The Morgan fingerprint density at radius 2 is 1.84 bits per heavy atom. The number of pyridine rings is 1. The van der Waals surface area contributed by atoms with Gasteiger partial charge in [-0.15, -0.1) is 12.4 Å². The van der Waals surface area contributed by atoms with Gasteiger partial charge in [-0.25, -0.2) is 4.39 Å². The molecule has 0 saturated heterocycles. The number of rotatable bonds is 3. The molecule has 4 aromatic rings. The number of aryl methyl sites for hydroxylation is 1. The van der Waals surface area contributed by atoms with E-state index in [0.29, 0.717) is 0 Å². The predicted octanol–water partition coefficient (Wildman–Crippen LogP) is 6.39. The largest absolute Gasteiger partial charge is 0.363 e. The molecule has 0 aliphatic carbocycles. The molecule has 3 heterocycles. The van der Waals surface area contributed by atoms with Crippen LogP contribution >= 0.6 is 12.4 Å². The van der Waals surface area contributed by atoms with Gasteiger partial charge >= 0.3 is 0 Å². The van der Waals surface area contributed by atoms with E-state index in [2.05, 4.69) is 66.6 Å². The van der Waals surface area contributed by atoms with Gasteiger partial charge in [-0.2, -0.15) is 0 Å². The average Bonchev–Trinajstić information content (AvgIpc) is 3.00. The quantitative estimate of drug-likeness (QED) is 0.372. The molecule has 1 atom stereocenters. The molecular weight excluding hydrogens is 409 g/mol. The summed E-state index contributed by atoms with van der Waals surface area (Å²) in [7, 11) is 0. The van der Waals surface area contributed by atoms with Crippen molar-refractivity contribution in [2.45, 2.75) is 39.8 Å². The third kappa shape index (κ3) is 3.59. The Labute approximate surface area is 188 Å². The highest BCUT2D eigenvalue weighted by Crippen LogP contribution is 2.39. The summed E-state index contributed by atoms with van der Waals surface area (Å²) in [6.45, 7) is 8.24. The molecule has 1 aliphatic heterocycles. The minimum absolute atomic E-state index is 0. The first-order valence-corrected chi connectivity index (χ1v) is 10.6. The molecule has 0 saturated carbocycles. The van der Waals surface area contributed by atoms with E-state index in [1.165, 1.54) is 33.6 Å². The van der Waals surface area contributed by atoms with Crippen LogP contribution in [0.25, 0.3) is 11.0 Å². The van der Waals surface area contributed by atoms with Crippen molar-refractivity contribution >= 4 is 29.1 Å². The summed E-state index contributed by atoms with van der Waals surface area (Å²) in [5.74, 6) is -0.149. The van der Waals surface area contributed by atoms with Gasteiger partial charge in [0.25, 0.3) is 0 Å². The Kier molecular flexibility index (Phi) is 5.76. The lowest BCUT2D eigenvalue weighted by Gasteiger charge is -2.37. The molecule has 3 nitrogen and oxygen atoms in total. The van der Waals surface area contributed by atoms with Crippen molar-refractivity contribution in [1.29, 1.82) is 0 Å². The first kappa shape index (κ1) is 21.4. The average molecular weight is 436 g/mol. The van der Waals surface area contributed by atoms with Crippen LogP contribution in [0.3, 0.4) is 0 Å². The van der Waals surface area contributed by atoms with Gasteiger partial charge in [-0.05, 0) is 67.6 Å². The molecule has 1 unspecified atom stereocenters. The number of hydrogen-bond donors (Lipinski definition) is 0. The van der Waals surface area contributed by atoms with Crippen molar-refractivity contribution < 1.29 is 4.39 Å². The van der Waals surface area contributed by atoms with E-state index in [1.54, 1.807) is 12.1 Å². The highest BCUT2D eigenvalue weighted by Gasteiger charge is 2.27. The smallest absolute Gasteiger partial charge is 0.123 e. The van der Waals surface area contributed by atoms with Crippen molar-refractivity contribution in [3.8, 4) is 0 Å². The fraction of sp³-hybridized carbons (Fsp3) is 0.269. The SMILES string of the molecule is Cc1c(C)n(Cc2ccccc2)c2c(N3CCc4cc(F)ccc4C3C)ccnc12.Cl. The Morgan fingerprint density at radius 3 is 2.61 bits per heavy atom. The van der Waals surface area contributed by atoms with Crippen molar-refractivity contribution in [2.24, 2.45) is 0 Å². The van der Waals surface area contributed by atoms with Gasteiger partial charge in [0.05, 0.1) is 22.8 Å². The van der Waals surface area contributed by atoms with Crippen LogP contribution in [0.2, 0.25) is 0 Å². The maximum atomic E-state index is 13.7. The van der Waals surface area contributed by atoms with E-state index < -0.39 is 0 Å². The molecule has 5 rings (SSSR count). The minimum Gasteiger partial charge on any atom is -0.363 e. The van der Waals surface area contributed by atoms with Crippen LogP contribution in [0.5, 0.6) is 0 Å². The third-order valence-corrected chi connectivity index (χ3v) is 6.61. The lowest BCUT2D eigenvalue weighted by Crippen LogP contribution is -2.34. The number of nitrogens with zero attached hydrogens (tertiary/aromatic N) is 3. The second-order valence-corrected chi connectivity index (χ2v) is 8.27. The Balaban J connectivity index is 0.00000231. The summed E-state index contributed by atoms with van der Waals surface area (Å²) in [4.78, 5) is 7.19. The fourth-order valence-electron chi connectivity index (χ4n) is 4.85. The summed E-state index contributed by atoms with van der Waals surface area (Å²) in [6, 6.07) is 18.1. The van der Waals surface area contributed by atoms with Crippen molar-refractivity contribution in [3.05, 3.63) is 94.6 Å². The van der Waals surface area contributed by atoms with E-state index in [1.807, 2.05) is 12.3 Å².